The Kier molecular flexibility index (Phi) is 2.00. The molecule has 0 saturated heterocycles. The van der Waals surface area contributed by atoms with Crippen LogP contribution in [0.5, 0.6) is 0 Å². The number of nitrogens with two attached hydrogens (primary N) is 1. The molecule has 2 nitrogen and oxygen atoms in total. The van der Waals surface area contributed by atoms with Crippen molar-refractivity contribution < 1.29 is 0 Å². The lowest BCUT2D eigenvalue weighted by Gasteiger charge is -2.11. The van der Waals surface area contributed by atoms with Crippen LogP contribution in [-0.2, 0) is 0 Å². The lowest BCUT2D eigenvalue weighted by molar-refractivity contribution is 0.713. The van der Waals surface area contributed by atoms with Crippen LogP contribution in [0.25, 0.3) is 0 Å². The van der Waals surface area contributed by atoms with Crippen molar-refractivity contribution in [2.45, 2.75) is 25.3 Å². The van der Waals surface area contributed by atoms with Gasteiger partial charge >= 0.3 is 0 Å². The summed E-state index contributed by atoms with van der Waals surface area (Å²) in [6, 6.07) is 8.39. The normalized spacial score (nSPS) is 18.3. The van der Waals surface area contributed by atoms with Crippen LogP contribution in [0.15, 0.2) is 24.3 Å². The highest BCUT2D eigenvalue weighted by Crippen LogP contribution is 2.32. The lowest BCUT2D eigenvalue weighted by Crippen LogP contribution is -2.31. The third kappa shape index (κ3) is 2.22. The molecule has 1 aliphatic carbocycles. The lowest BCUT2D eigenvalue weighted by atomic mass is 10.2. The molecule has 0 bridgehead atoms. The quantitative estimate of drug-likeness (QED) is 0.738. The summed E-state index contributed by atoms with van der Waals surface area (Å²) < 4.78 is 0. The Morgan fingerprint density at radius 3 is 2.85 bits per heavy atom. The summed E-state index contributed by atoms with van der Waals surface area (Å²) >= 11 is 0. The third-order valence-corrected chi connectivity index (χ3v) is 2.55. The first-order valence-electron chi connectivity index (χ1n) is 4.77. The van der Waals surface area contributed by atoms with Crippen LogP contribution in [-0.4, -0.2) is 12.1 Å². The van der Waals surface area contributed by atoms with Gasteiger partial charge in [-0.3, -0.25) is 0 Å². The molecule has 0 unspecified atom stereocenters. The SMILES string of the molecule is Cc1cccc(NCC2(N)CC2)c1. The van der Waals surface area contributed by atoms with Gasteiger partial charge in [-0.05, 0) is 37.5 Å². The zero-order chi connectivity index (χ0) is 9.31. The summed E-state index contributed by atoms with van der Waals surface area (Å²) in [5, 5.41) is 3.36. The smallest absolute Gasteiger partial charge is 0.0343 e. The molecular formula is C11H16N2. The molecule has 70 valence electrons. The Morgan fingerprint density at radius 2 is 2.23 bits per heavy atom. The summed E-state index contributed by atoms with van der Waals surface area (Å²) in [6.07, 6.45) is 2.32. The van der Waals surface area contributed by atoms with E-state index >= 15 is 0 Å². The largest absolute Gasteiger partial charge is 0.383 e. The molecule has 2 heteroatoms. The topological polar surface area (TPSA) is 38.0 Å². The van der Waals surface area contributed by atoms with Crippen LogP contribution in [0, 0.1) is 6.92 Å². The molecule has 1 saturated carbocycles. The second-order valence-electron chi connectivity index (χ2n) is 4.09. The van der Waals surface area contributed by atoms with E-state index in [4.69, 9.17) is 5.73 Å². The van der Waals surface area contributed by atoms with Gasteiger partial charge in [0.05, 0.1) is 0 Å². The molecule has 1 fully saturated rings. The Morgan fingerprint density at radius 1 is 1.46 bits per heavy atom. The minimum absolute atomic E-state index is 0.0870. The third-order valence-electron chi connectivity index (χ3n) is 2.55. The van der Waals surface area contributed by atoms with Gasteiger partial charge in [-0.15, -0.1) is 0 Å². The first kappa shape index (κ1) is 8.57. The Bertz CT molecular complexity index is 303. The predicted molar refractivity (Wildman–Crippen MR) is 55.8 cm³/mol. The van der Waals surface area contributed by atoms with Crippen molar-refractivity contribution in [3.8, 4) is 0 Å². The van der Waals surface area contributed by atoms with E-state index in [1.165, 1.54) is 11.3 Å². The fourth-order valence-electron chi connectivity index (χ4n) is 1.37. The van der Waals surface area contributed by atoms with E-state index in [1.54, 1.807) is 0 Å². The van der Waals surface area contributed by atoms with E-state index in [9.17, 15) is 0 Å². The summed E-state index contributed by atoms with van der Waals surface area (Å²) in [7, 11) is 0. The Labute approximate surface area is 79.1 Å². The number of hydrogen-bond acceptors (Lipinski definition) is 2. The van der Waals surface area contributed by atoms with Gasteiger partial charge in [0.25, 0.3) is 0 Å². The standard InChI is InChI=1S/C11H16N2/c1-9-3-2-4-10(7-9)13-8-11(12)5-6-11/h2-4,7,13H,5-6,8,12H2,1H3. The molecule has 0 aromatic heterocycles. The van der Waals surface area contributed by atoms with Crippen LogP contribution in [0.2, 0.25) is 0 Å². The van der Waals surface area contributed by atoms with E-state index in [0.717, 1.165) is 19.4 Å². The molecule has 0 radical (unpaired) electrons. The summed E-state index contributed by atoms with van der Waals surface area (Å²) in [4.78, 5) is 0. The predicted octanol–water partition coefficient (Wildman–Crippen LogP) is 1.90. The highest BCUT2D eigenvalue weighted by Gasteiger charge is 2.37. The van der Waals surface area contributed by atoms with E-state index in [-0.39, 0.29) is 5.54 Å². The maximum atomic E-state index is 5.97. The fraction of sp³-hybridized carbons (Fsp3) is 0.455. The van der Waals surface area contributed by atoms with Crippen molar-refractivity contribution in [3.63, 3.8) is 0 Å². The maximum Gasteiger partial charge on any atom is 0.0343 e. The van der Waals surface area contributed by atoms with Crippen molar-refractivity contribution >= 4 is 5.69 Å². The van der Waals surface area contributed by atoms with Crippen LogP contribution in [0.3, 0.4) is 0 Å². The first-order chi connectivity index (χ1) is 6.18. The highest BCUT2D eigenvalue weighted by molar-refractivity contribution is 5.46. The highest BCUT2D eigenvalue weighted by atomic mass is 15.0. The molecule has 0 heterocycles. The average Bonchev–Trinajstić information content (AvgIpc) is 2.82. The zero-order valence-electron chi connectivity index (χ0n) is 8.01. The van der Waals surface area contributed by atoms with E-state index < -0.39 is 0 Å². The van der Waals surface area contributed by atoms with E-state index in [1.807, 2.05) is 0 Å². The monoisotopic (exact) mass is 176 g/mol. The Balaban J connectivity index is 1.94. The van der Waals surface area contributed by atoms with Gasteiger partial charge < -0.3 is 11.1 Å². The summed E-state index contributed by atoms with van der Waals surface area (Å²) in [5.74, 6) is 0. The Hall–Kier alpha value is -1.02. The minimum atomic E-state index is 0.0870. The van der Waals surface area contributed by atoms with E-state index in [0.29, 0.717) is 0 Å². The van der Waals surface area contributed by atoms with Crippen LogP contribution >= 0.6 is 0 Å². The fourth-order valence-corrected chi connectivity index (χ4v) is 1.37. The molecule has 0 spiro atoms. The zero-order valence-corrected chi connectivity index (χ0v) is 8.01. The molecule has 13 heavy (non-hydrogen) atoms. The first-order valence-corrected chi connectivity index (χ1v) is 4.77. The number of aryl methyl sites for hydroxylation is 1. The van der Waals surface area contributed by atoms with Crippen molar-refractivity contribution in [1.29, 1.82) is 0 Å². The minimum Gasteiger partial charge on any atom is -0.383 e. The second kappa shape index (κ2) is 3.04. The number of benzene rings is 1. The van der Waals surface area contributed by atoms with Gasteiger partial charge in [0.2, 0.25) is 0 Å². The van der Waals surface area contributed by atoms with Crippen LogP contribution < -0.4 is 11.1 Å². The van der Waals surface area contributed by atoms with Crippen molar-refractivity contribution in [3.05, 3.63) is 29.8 Å². The van der Waals surface area contributed by atoms with Gasteiger partial charge in [0.1, 0.15) is 0 Å². The van der Waals surface area contributed by atoms with Crippen molar-refractivity contribution in [2.75, 3.05) is 11.9 Å². The van der Waals surface area contributed by atoms with Crippen LogP contribution in [0.4, 0.5) is 5.69 Å². The van der Waals surface area contributed by atoms with Gasteiger partial charge in [0.15, 0.2) is 0 Å². The molecule has 3 N–H and O–H groups in total. The van der Waals surface area contributed by atoms with Gasteiger partial charge in [0, 0.05) is 17.8 Å². The van der Waals surface area contributed by atoms with Crippen molar-refractivity contribution in [2.24, 2.45) is 5.73 Å². The molecule has 0 aliphatic heterocycles. The van der Waals surface area contributed by atoms with Gasteiger partial charge in [-0.25, -0.2) is 0 Å². The number of hydrogen-bond donors (Lipinski definition) is 2. The summed E-state index contributed by atoms with van der Waals surface area (Å²) in [6.45, 7) is 3.00. The molecule has 0 amide bonds. The number of anilines is 1. The molecule has 0 atom stereocenters. The molecule has 2 rings (SSSR count). The maximum absolute atomic E-state index is 5.97. The number of nitrogens with one attached hydrogen (secondary N) is 1. The van der Waals surface area contributed by atoms with E-state index in [2.05, 4.69) is 36.5 Å². The average molecular weight is 176 g/mol. The van der Waals surface area contributed by atoms with Gasteiger partial charge in [-0.1, -0.05) is 12.1 Å². The molecular weight excluding hydrogens is 160 g/mol. The molecule has 1 aromatic rings. The van der Waals surface area contributed by atoms with Gasteiger partial charge in [-0.2, -0.15) is 0 Å². The van der Waals surface area contributed by atoms with Crippen molar-refractivity contribution in [1.82, 2.24) is 0 Å². The molecule has 1 aromatic carbocycles. The summed E-state index contributed by atoms with van der Waals surface area (Å²) in [5.41, 5.74) is 8.52. The molecule has 1 aliphatic rings. The second-order valence-corrected chi connectivity index (χ2v) is 4.09. The number of rotatable bonds is 3. The van der Waals surface area contributed by atoms with Crippen LogP contribution in [0.1, 0.15) is 18.4 Å².